The fourth-order valence-electron chi connectivity index (χ4n) is 8.45. The minimum Gasteiger partial charge on any atom is -0.489 e. The van der Waals surface area contributed by atoms with Crippen molar-refractivity contribution in [1.82, 2.24) is 10.2 Å². The first-order chi connectivity index (χ1) is 25.2. The van der Waals surface area contributed by atoms with Crippen molar-refractivity contribution in [2.75, 3.05) is 20.3 Å². The summed E-state index contributed by atoms with van der Waals surface area (Å²) in [4.78, 5) is 103. The van der Waals surface area contributed by atoms with Gasteiger partial charge >= 0.3 is 23.9 Å². The molecule has 2 aliphatic carbocycles. The van der Waals surface area contributed by atoms with Gasteiger partial charge in [-0.25, -0.2) is 9.59 Å². The van der Waals surface area contributed by atoms with Gasteiger partial charge < -0.3 is 23.7 Å². The van der Waals surface area contributed by atoms with Crippen LogP contribution in [0.15, 0.2) is 53.6 Å². The van der Waals surface area contributed by atoms with Gasteiger partial charge in [-0.05, 0) is 70.6 Å². The number of esters is 4. The minimum absolute atomic E-state index is 0.00868. The van der Waals surface area contributed by atoms with Gasteiger partial charge in [0.1, 0.15) is 41.6 Å². The summed E-state index contributed by atoms with van der Waals surface area (Å²) < 4.78 is 28.1. The first-order valence-corrected chi connectivity index (χ1v) is 17.4. The number of allylic oxidation sites excluding steroid dienone is 3. The largest absolute Gasteiger partial charge is 0.489 e. The third kappa shape index (κ3) is 6.31. The number of piperidine rings is 1. The maximum absolute atomic E-state index is 13.8. The lowest BCUT2D eigenvalue weighted by molar-refractivity contribution is -0.235. The highest BCUT2D eigenvalue weighted by Crippen LogP contribution is 2.65. The Morgan fingerprint density at radius 2 is 1.79 bits per heavy atom. The second-order valence-electron chi connectivity index (χ2n) is 14.0. The Hall–Kier alpha value is -5.60. The summed E-state index contributed by atoms with van der Waals surface area (Å²) in [6.07, 6.45) is 7.99. The number of amides is 4. The highest BCUT2D eigenvalue weighted by atomic mass is 16.6. The van der Waals surface area contributed by atoms with Crippen LogP contribution >= 0.6 is 0 Å². The number of imide groups is 2. The van der Waals surface area contributed by atoms with E-state index in [0.717, 1.165) is 4.90 Å². The summed E-state index contributed by atoms with van der Waals surface area (Å²) in [5, 5.41) is 2.15. The number of rotatable bonds is 10. The predicted octanol–water partition coefficient (Wildman–Crippen LogP) is 2.81. The summed E-state index contributed by atoms with van der Waals surface area (Å²) >= 11 is 0. The van der Waals surface area contributed by atoms with Gasteiger partial charge in [0.2, 0.25) is 11.8 Å². The van der Waals surface area contributed by atoms with E-state index >= 15 is 0 Å². The molecule has 53 heavy (non-hydrogen) atoms. The van der Waals surface area contributed by atoms with Crippen LogP contribution < -0.4 is 10.1 Å². The molecular weight excluding hydrogens is 692 g/mol. The lowest BCUT2D eigenvalue weighted by Gasteiger charge is -2.54. The third-order valence-corrected chi connectivity index (χ3v) is 11.0. The van der Waals surface area contributed by atoms with E-state index in [9.17, 15) is 38.4 Å². The minimum atomic E-state index is -1.22. The Kier molecular flexibility index (Phi) is 9.88. The lowest BCUT2D eigenvalue weighted by Crippen LogP contribution is -2.65. The zero-order valence-electron chi connectivity index (χ0n) is 29.8. The Labute approximate surface area is 304 Å². The van der Waals surface area contributed by atoms with Crippen LogP contribution in [0.5, 0.6) is 5.75 Å². The number of nitrogens with one attached hydrogen (secondary N) is 1. The maximum atomic E-state index is 13.8. The average Bonchev–Trinajstić information content (AvgIpc) is 3.45. The van der Waals surface area contributed by atoms with Crippen LogP contribution in [-0.4, -0.2) is 90.0 Å². The van der Waals surface area contributed by atoms with E-state index in [1.807, 2.05) is 0 Å². The molecule has 3 heterocycles. The Morgan fingerprint density at radius 1 is 1.02 bits per heavy atom. The van der Waals surface area contributed by atoms with Gasteiger partial charge in [-0.3, -0.25) is 39.0 Å². The number of ether oxygens (including phenoxy) is 5. The second kappa shape index (κ2) is 14.1. The van der Waals surface area contributed by atoms with Crippen LogP contribution in [0.25, 0.3) is 0 Å². The summed E-state index contributed by atoms with van der Waals surface area (Å²) in [7, 11) is 1.28. The molecule has 5 atom stereocenters. The Morgan fingerprint density at radius 3 is 2.51 bits per heavy atom. The van der Waals surface area contributed by atoms with Crippen molar-refractivity contribution in [2.45, 2.75) is 83.0 Å². The zero-order chi connectivity index (χ0) is 38.3. The number of cyclic esters (lactones) is 1. The summed E-state index contributed by atoms with van der Waals surface area (Å²) in [6.45, 7) is 4.19. The molecule has 0 aromatic heterocycles. The zero-order valence-corrected chi connectivity index (χ0v) is 29.8. The van der Waals surface area contributed by atoms with Crippen molar-refractivity contribution >= 4 is 47.5 Å². The molecule has 1 aromatic carbocycles. The van der Waals surface area contributed by atoms with E-state index in [-0.39, 0.29) is 67.8 Å². The summed E-state index contributed by atoms with van der Waals surface area (Å²) in [5.74, 6) is -5.20. The number of nitrogens with zero attached hydrogens (tertiary/aromatic N) is 1. The molecule has 0 spiro atoms. The smallest absolute Gasteiger partial charge is 0.333 e. The first-order valence-electron chi connectivity index (χ1n) is 17.4. The summed E-state index contributed by atoms with van der Waals surface area (Å²) in [5.41, 5.74) is -2.93. The molecule has 3 fully saturated rings. The van der Waals surface area contributed by atoms with Gasteiger partial charge in [-0.2, -0.15) is 0 Å². The topological polar surface area (TPSA) is 198 Å². The van der Waals surface area contributed by atoms with Crippen molar-refractivity contribution < 1.29 is 62.0 Å². The first kappa shape index (κ1) is 37.2. The second-order valence-corrected chi connectivity index (χ2v) is 14.0. The predicted molar refractivity (Wildman–Crippen MR) is 181 cm³/mol. The lowest BCUT2D eigenvalue weighted by atomic mass is 9.62. The van der Waals surface area contributed by atoms with Gasteiger partial charge in [0.25, 0.3) is 11.8 Å². The number of hydrogen-bond donors (Lipinski definition) is 1. The van der Waals surface area contributed by atoms with Crippen molar-refractivity contribution in [3.8, 4) is 5.75 Å². The van der Waals surface area contributed by atoms with Crippen molar-refractivity contribution in [1.29, 1.82) is 0 Å². The van der Waals surface area contributed by atoms with Crippen LogP contribution in [0, 0.1) is 11.3 Å². The summed E-state index contributed by atoms with van der Waals surface area (Å²) in [6, 6.07) is 3.33. The quantitative estimate of drug-likeness (QED) is 0.0921. The number of carbonyl (C=O) groups is 8. The van der Waals surface area contributed by atoms with Crippen molar-refractivity contribution in [3.63, 3.8) is 0 Å². The molecular formula is C38H40N2O13. The van der Waals surface area contributed by atoms with Crippen molar-refractivity contribution in [3.05, 3.63) is 64.8 Å². The average molecular weight is 733 g/mol. The molecule has 1 saturated carbocycles. The number of fused-ring (bicyclic) bond motifs is 1. The van der Waals surface area contributed by atoms with Crippen LogP contribution in [0.1, 0.15) is 86.4 Å². The number of methoxy groups -OCH3 is 1. The molecule has 1 N–H and O–H groups in total. The van der Waals surface area contributed by atoms with Crippen molar-refractivity contribution in [2.24, 2.45) is 11.3 Å². The molecule has 3 aliphatic heterocycles. The third-order valence-electron chi connectivity index (χ3n) is 11.0. The molecule has 6 rings (SSSR count). The molecule has 15 nitrogen and oxygen atoms in total. The van der Waals surface area contributed by atoms with Crippen LogP contribution in [0.4, 0.5) is 0 Å². The van der Waals surface area contributed by atoms with Gasteiger partial charge in [0, 0.05) is 30.4 Å². The van der Waals surface area contributed by atoms with E-state index in [1.54, 1.807) is 25.2 Å². The monoisotopic (exact) mass is 732 g/mol. The highest BCUT2D eigenvalue weighted by Gasteiger charge is 2.74. The number of benzene rings is 1. The van der Waals surface area contributed by atoms with Gasteiger partial charge in [-0.1, -0.05) is 24.3 Å². The molecule has 5 aliphatic rings. The fraction of sp³-hybridized carbons (Fsp3) is 0.474. The van der Waals surface area contributed by atoms with Crippen LogP contribution in [0.2, 0.25) is 0 Å². The van der Waals surface area contributed by atoms with Gasteiger partial charge in [-0.15, -0.1) is 0 Å². The van der Waals surface area contributed by atoms with E-state index in [2.05, 4.69) is 5.32 Å². The van der Waals surface area contributed by atoms with E-state index in [4.69, 9.17) is 23.7 Å². The molecule has 1 unspecified atom stereocenters. The maximum Gasteiger partial charge on any atom is 0.333 e. The van der Waals surface area contributed by atoms with Crippen LogP contribution in [0.3, 0.4) is 0 Å². The Bertz CT molecular complexity index is 1910. The standard InChI is InChI=1S/C38H40N2O13/c1-21(33(46)51-20-19-50-26-9-5-8-24-29(26)32(45)40(31(24)44)25-10-11-28(42)39-30(25)43)7-6-15-36(3)27-14-17-37(35(48)53-36)16-12-23(34(47)49-4)13-18-38(27,37)52-22(2)41/h5-9,12,15,25,27H,10-11,13-14,16-20H2,1-4H3,(H,39,42,43)/b15-6+,21-7+/t25?,27-,36-,37-,38+/m1/s1. The molecule has 2 saturated heterocycles. The molecule has 15 heteroatoms. The normalized spacial score (nSPS) is 29.4. The molecule has 1 aromatic rings. The molecule has 0 radical (unpaired) electrons. The fourth-order valence-corrected chi connectivity index (χ4v) is 8.45. The van der Waals surface area contributed by atoms with E-state index in [0.29, 0.717) is 18.4 Å². The van der Waals surface area contributed by atoms with Crippen LogP contribution in [-0.2, 0) is 47.7 Å². The van der Waals surface area contributed by atoms with E-state index < -0.39 is 76.1 Å². The van der Waals surface area contributed by atoms with E-state index in [1.165, 1.54) is 45.2 Å². The SMILES string of the molecule is COC(=O)C1=CC[C@@]23CC[C@H]([C@@](C)(/C=C/C=C(\C)C(=O)OCCOc4cccc5c4C(=O)N(C4CCC(=O)NC4=O)C5=O)OC2=O)[C@@]3(OC(C)=O)CC1. The molecule has 280 valence electrons. The highest BCUT2D eigenvalue weighted by molar-refractivity contribution is 6.24. The molecule has 2 bridgehead atoms. The number of carbonyl (C=O) groups excluding carboxylic acids is 8. The van der Waals surface area contributed by atoms with Gasteiger partial charge in [0.05, 0.1) is 18.2 Å². The van der Waals surface area contributed by atoms with Gasteiger partial charge in [0.15, 0.2) is 0 Å². The number of hydrogen-bond acceptors (Lipinski definition) is 13. The Balaban J connectivity index is 1.09. The molecule has 4 amide bonds.